The van der Waals surface area contributed by atoms with Gasteiger partial charge in [-0.2, -0.15) is 0 Å². The summed E-state index contributed by atoms with van der Waals surface area (Å²) in [5.41, 5.74) is 1.84. The van der Waals surface area contributed by atoms with Gasteiger partial charge in [0.15, 0.2) is 0 Å². The highest BCUT2D eigenvalue weighted by atomic mass is 16.3. The van der Waals surface area contributed by atoms with E-state index >= 15 is 0 Å². The van der Waals surface area contributed by atoms with Gasteiger partial charge < -0.3 is 5.11 Å². The van der Waals surface area contributed by atoms with Crippen molar-refractivity contribution in [1.82, 2.24) is 9.88 Å². The maximum Gasteiger partial charge on any atom is 0.138 e. The van der Waals surface area contributed by atoms with Crippen LogP contribution in [0.1, 0.15) is 49.9 Å². The third-order valence-corrected chi connectivity index (χ3v) is 4.80. The van der Waals surface area contributed by atoms with Crippen LogP contribution in [-0.2, 0) is 6.54 Å². The minimum absolute atomic E-state index is 0.350. The van der Waals surface area contributed by atoms with Gasteiger partial charge in [-0.25, -0.2) is 0 Å². The minimum Gasteiger partial charge on any atom is -0.506 e. The fourth-order valence-corrected chi connectivity index (χ4v) is 3.84. The second kappa shape index (κ2) is 5.49. The molecule has 104 valence electrons. The summed E-state index contributed by atoms with van der Waals surface area (Å²) >= 11 is 0. The molecule has 1 aromatic heterocycles. The third-order valence-electron chi connectivity index (χ3n) is 4.80. The molecule has 2 aliphatic rings. The van der Waals surface area contributed by atoms with E-state index in [1.165, 1.54) is 38.5 Å². The number of aromatic nitrogens is 1. The smallest absolute Gasteiger partial charge is 0.138 e. The Morgan fingerprint density at radius 3 is 2.89 bits per heavy atom. The average Bonchev–Trinajstić information content (AvgIpc) is 2.43. The van der Waals surface area contributed by atoms with Crippen LogP contribution in [0, 0.1) is 12.8 Å². The van der Waals surface area contributed by atoms with Crippen molar-refractivity contribution in [3.8, 4) is 5.75 Å². The molecule has 2 unspecified atom stereocenters. The summed E-state index contributed by atoms with van der Waals surface area (Å²) < 4.78 is 0. The molecule has 0 radical (unpaired) electrons. The van der Waals surface area contributed by atoms with Crippen LogP contribution in [0.3, 0.4) is 0 Å². The molecule has 0 amide bonds. The molecule has 19 heavy (non-hydrogen) atoms. The predicted molar refractivity (Wildman–Crippen MR) is 76.0 cm³/mol. The second-order valence-corrected chi connectivity index (χ2v) is 6.14. The van der Waals surface area contributed by atoms with Crippen LogP contribution in [0.25, 0.3) is 0 Å². The first kappa shape index (κ1) is 12.9. The van der Waals surface area contributed by atoms with Crippen LogP contribution in [0.15, 0.2) is 12.1 Å². The first-order valence-electron chi connectivity index (χ1n) is 7.63. The lowest BCUT2D eigenvalue weighted by Gasteiger charge is -2.44. The van der Waals surface area contributed by atoms with Crippen LogP contribution >= 0.6 is 0 Å². The maximum absolute atomic E-state index is 9.97. The van der Waals surface area contributed by atoms with Gasteiger partial charge >= 0.3 is 0 Å². The van der Waals surface area contributed by atoms with Gasteiger partial charge in [0.05, 0.1) is 5.69 Å². The maximum atomic E-state index is 9.97. The number of hydrogen-bond acceptors (Lipinski definition) is 3. The van der Waals surface area contributed by atoms with Crippen molar-refractivity contribution in [2.75, 3.05) is 6.54 Å². The summed E-state index contributed by atoms with van der Waals surface area (Å²) in [5, 5.41) is 9.97. The highest BCUT2D eigenvalue weighted by Gasteiger charge is 2.33. The molecule has 3 rings (SSSR count). The van der Waals surface area contributed by atoms with Crippen molar-refractivity contribution in [3.63, 3.8) is 0 Å². The highest BCUT2D eigenvalue weighted by molar-refractivity contribution is 5.27. The van der Waals surface area contributed by atoms with Crippen LogP contribution in [0.2, 0.25) is 0 Å². The number of aryl methyl sites for hydroxylation is 1. The molecule has 3 nitrogen and oxygen atoms in total. The van der Waals surface area contributed by atoms with E-state index in [0.29, 0.717) is 5.75 Å². The number of aromatic hydroxyl groups is 1. The molecule has 1 saturated carbocycles. The SMILES string of the molecule is Cc1ccc(O)c(CN2CCCC3CCCCC32)n1. The number of fused-ring (bicyclic) bond motifs is 1. The van der Waals surface area contributed by atoms with Gasteiger partial charge in [0.25, 0.3) is 0 Å². The number of pyridine rings is 1. The lowest BCUT2D eigenvalue weighted by Crippen LogP contribution is -2.46. The topological polar surface area (TPSA) is 36.4 Å². The molecular formula is C16H24N2O. The van der Waals surface area contributed by atoms with Gasteiger partial charge in [-0.05, 0) is 57.2 Å². The summed E-state index contributed by atoms with van der Waals surface area (Å²) in [6, 6.07) is 4.38. The zero-order chi connectivity index (χ0) is 13.2. The number of hydrogen-bond donors (Lipinski definition) is 1. The highest BCUT2D eigenvalue weighted by Crippen LogP contribution is 2.36. The molecule has 1 aliphatic carbocycles. The predicted octanol–water partition coefficient (Wildman–Crippen LogP) is 3.25. The molecule has 2 heterocycles. The van der Waals surface area contributed by atoms with Gasteiger partial charge in [-0.3, -0.25) is 9.88 Å². The van der Waals surface area contributed by atoms with Gasteiger partial charge in [0.2, 0.25) is 0 Å². The molecule has 2 atom stereocenters. The Morgan fingerprint density at radius 2 is 2.00 bits per heavy atom. The third kappa shape index (κ3) is 2.76. The van der Waals surface area contributed by atoms with E-state index in [0.717, 1.165) is 36.4 Å². The van der Waals surface area contributed by atoms with Crippen molar-refractivity contribution < 1.29 is 5.11 Å². The van der Waals surface area contributed by atoms with E-state index in [2.05, 4.69) is 9.88 Å². The molecule has 1 N–H and O–H groups in total. The lowest BCUT2D eigenvalue weighted by atomic mass is 9.78. The first-order valence-corrected chi connectivity index (χ1v) is 7.63. The van der Waals surface area contributed by atoms with Gasteiger partial charge in [0, 0.05) is 18.3 Å². The van der Waals surface area contributed by atoms with Crippen molar-refractivity contribution >= 4 is 0 Å². The van der Waals surface area contributed by atoms with E-state index in [-0.39, 0.29) is 0 Å². The van der Waals surface area contributed by atoms with E-state index in [1.807, 2.05) is 13.0 Å². The Bertz CT molecular complexity index is 444. The van der Waals surface area contributed by atoms with E-state index in [4.69, 9.17) is 0 Å². The van der Waals surface area contributed by atoms with Crippen LogP contribution in [0.5, 0.6) is 5.75 Å². The molecule has 1 aromatic rings. The molecule has 3 heteroatoms. The standard InChI is InChI=1S/C16H24N2O/c1-12-8-9-16(19)14(17-12)11-18-10-4-6-13-5-2-3-7-15(13)18/h8-9,13,15,19H,2-7,10-11H2,1H3. The Labute approximate surface area is 115 Å². The zero-order valence-corrected chi connectivity index (χ0v) is 11.8. The molecule has 0 bridgehead atoms. The average molecular weight is 260 g/mol. The molecule has 1 saturated heterocycles. The second-order valence-electron chi connectivity index (χ2n) is 6.14. The monoisotopic (exact) mass is 260 g/mol. The van der Waals surface area contributed by atoms with Crippen LogP contribution in [-0.4, -0.2) is 27.6 Å². The summed E-state index contributed by atoms with van der Waals surface area (Å²) in [6.45, 7) is 3.97. The molecule has 0 spiro atoms. The molecule has 2 fully saturated rings. The molecule has 1 aliphatic heterocycles. The summed E-state index contributed by atoms with van der Waals surface area (Å²) in [4.78, 5) is 7.08. The fourth-order valence-electron chi connectivity index (χ4n) is 3.84. The number of nitrogens with zero attached hydrogens (tertiary/aromatic N) is 2. The number of rotatable bonds is 2. The van der Waals surface area contributed by atoms with Gasteiger partial charge in [-0.15, -0.1) is 0 Å². The molecule has 0 aromatic carbocycles. The summed E-state index contributed by atoms with van der Waals surface area (Å²) in [5.74, 6) is 1.23. The van der Waals surface area contributed by atoms with E-state index < -0.39 is 0 Å². The number of likely N-dealkylation sites (tertiary alicyclic amines) is 1. The molecular weight excluding hydrogens is 236 g/mol. The van der Waals surface area contributed by atoms with Crippen molar-refractivity contribution in [1.29, 1.82) is 0 Å². The Kier molecular flexibility index (Phi) is 3.74. The quantitative estimate of drug-likeness (QED) is 0.886. The Hall–Kier alpha value is -1.09. The van der Waals surface area contributed by atoms with Crippen molar-refractivity contribution in [3.05, 3.63) is 23.5 Å². The van der Waals surface area contributed by atoms with Gasteiger partial charge in [-0.1, -0.05) is 12.8 Å². The fraction of sp³-hybridized carbons (Fsp3) is 0.688. The zero-order valence-electron chi connectivity index (χ0n) is 11.8. The normalized spacial score (nSPS) is 28.1. The van der Waals surface area contributed by atoms with Crippen LogP contribution in [0.4, 0.5) is 0 Å². The van der Waals surface area contributed by atoms with E-state index in [9.17, 15) is 5.11 Å². The Morgan fingerprint density at radius 1 is 1.21 bits per heavy atom. The minimum atomic E-state index is 0.350. The number of piperidine rings is 1. The van der Waals surface area contributed by atoms with Crippen LogP contribution < -0.4 is 0 Å². The van der Waals surface area contributed by atoms with Crippen molar-refractivity contribution in [2.45, 2.75) is 58.0 Å². The lowest BCUT2D eigenvalue weighted by molar-refractivity contribution is 0.0531. The summed E-state index contributed by atoms with van der Waals surface area (Å²) in [7, 11) is 0. The largest absolute Gasteiger partial charge is 0.506 e. The van der Waals surface area contributed by atoms with Crippen molar-refractivity contribution in [2.24, 2.45) is 5.92 Å². The Balaban J connectivity index is 1.75. The van der Waals surface area contributed by atoms with Gasteiger partial charge in [0.1, 0.15) is 5.75 Å². The summed E-state index contributed by atoms with van der Waals surface area (Å²) in [6.07, 6.45) is 8.20. The first-order chi connectivity index (χ1) is 9.24. The van der Waals surface area contributed by atoms with E-state index in [1.54, 1.807) is 6.07 Å².